The van der Waals surface area contributed by atoms with E-state index in [0.717, 1.165) is 0 Å². The summed E-state index contributed by atoms with van der Waals surface area (Å²) in [6, 6.07) is 0. The fourth-order valence-corrected chi connectivity index (χ4v) is 1.01. The Morgan fingerprint density at radius 3 is 2.56 bits per heavy atom. The predicted molar refractivity (Wildman–Crippen MR) is 30.9 cm³/mol. The Morgan fingerprint density at radius 2 is 2.11 bits per heavy atom. The summed E-state index contributed by atoms with van der Waals surface area (Å²) in [6.45, 7) is 0. The Labute approximate surface area is 53.3 Å². The van der Waals surface area contributed by atoms with Crippen molar-refractivity contribution in [1.29, 1.82) is 0 Å². The minimum absolute atomic E-state index is 0.228. The van der Waals surface area contributed by atoms with Crippen molar-refractivity contribution in [3.05, 3.63) is 0 Å². The zero-order valence-corrected chi connectivity index (χ0v) is 5.08. The number of Topliss-reactive ketones (excluding diaryl/α,β-unsaturated/α-hetero) is 1. The normalized spacial score (nSPS) is 36.9. The van der Waals surface area contributed by atoms with E-state index in [4.69, 9.17) is 10.2 Å². The second kappa shape index (κ2) is 2.45. The molecule has 0 aliphatic heterocycles. The highest BCUT2D eigenvalue weighted by Gasteiger charge is 2.27. The van der Waals surface area contributed by atoms with Gasteiger partial charge < -0.3 is 10.2 Å². The first-order valence-corrected chi connectivity index (χ1v) is 3.10. The van der Waals surface area contributed by atoms with Crippen LogP contribution in [-0.4, -0.2) is 28.2 Å². The minimum atomic E-state index is -1.11. The Morgan fingerprint density at radius 1 is 1.44 bits per heavy atom. The first kappa shape index (κ1) is 6.71. The molecule has 0 heterocycles. The highest BCUT2D eigenvalue weighted by Crippen LogP contribution is 2.14. The van der Waals surface area contributed by atoms with Crippen molar-refractivity contribution in [1.82, 2.24) is 0 Å². The van der Waals surface area contributed by atoms with Crippen LogP contribution in [0.4, 0.5) is 0 Å². The first-order chi connectivity index (χ1) is 4.22. The number of rotatable bonds is 0. The van der Waals surface area contributed by atoms with Crippen molar-refractivity contribution in [2.45, 2.75) is 31.5 Å². The molecule has 2 atom stereocenters. The second-order valence-corrected chi connectivity index (χ2v) is 2.37. The van der Waals surface area contributed by atoms with Crippen LogP contribution in [0.5, 0.6) is 0 Å². The van der Waals surface area contributed by atoms with Crippen LogP contribution < -0.4 is 0 Å². The van der Waals surface area contributed by atoms with Crippen molar-refractivity contribution >= 4 is 5.78 Å². The lowest BCUT2D eigenvalue weighted by molar-refractivity contribution is -0.136. The summed E-state index contributed by atoms with van der Waals surface area (Å²) in [4.78, 5) is 10.6. The van der Waals surface area contributed by atoms with Crippen molar-refractivity contribution in [2.24, 2.45) is 0 Å². The molecule has 0 aromatic carbocycles. The van der Waals surface area contributed by atoms with Crippen LogP contribution in [0.25, 0.3) is 0 Å². The maximum Gasteiger partial charge on any atom is 0.163 e. The summed E-state index contributed by atoms with van der Waals surface area (Å²) in [5, 5.41) is 17.7. The summed E-state index contributed by atoms with van der Waals surface area (Å²) >= 11 is 0. The molecular formula is C6H10O3. The number of carbonyl (C=O) groups excluding carboxylic acids is 1. The first-order valence-electron chi connectivity index (χ1n) is 3.10. The monoisotopic (exact) mass is 130 g/mol. The molecule has 0 aromatic heterocycles. The molecule has 3 nitrogen and oxygen atoms in total. The van der Waals surface area contributed by atoms with Gasteiger partial charge in [0, 0.05) is 6.42 Å². The van der Waals surface area contributed by atoms with E-state index in [0.29, 0.717) is 19.3 Å². The Balaban J connectivity index is 2.51. The van der Waals surface area contributed by atoms with E-state index in [-0.39, 0.29) is 5.78 Å². The maximum atomic E-state index is 10.6. The van der Waals surface area contributed by atoms with Gasteiger partial charge in [-0.2, -0.15) is 0 Å². The van der Waals surface area contributed by atoms with Crippen molar-refractivity contribution in [3.8, 4) is 0 Å². The quantitative estimate of drug-likeness (QED) is 0.463. The zero-order valence-electron chi connectivity index (χ0n) is 5.08. The zero-order chi connectivity index (χ0) is 6.85. The Bertz CT molecular complexity index is 121. The van der Waals surface area contributed by atoms with Crippen LogP contribution in [0.1, 0.15) is 19.3 Å². The molecule has 1 aliphatic carbocycles. The number of hydrogen-bond acceptors (Lipinski definition) is 3. The summed E-state index contributed by atoms with van der Waals surface area (Å²) in [7, 11) is 0. The lowest BCUT2D eigenvalue weighted by Gasteiger charge is -2.20. The molecule has 1 fully saturated rings. The number of aliphatic hydroxyl groups excluding tert-OH is 2. The van der Waals surface area contributed by atoms with Crippen molar-refractivity contribution < 1.29 is 15.0 Å². The third kappa shape index (κ3) is 1.28. The predicted octanol–water partition coefficient (Wildman–Crippen LogP) is -0.539. The smallest absolute Gasteiger partial charge is 0.163 e. The number of aliphatic hydroxyl groups is 2. The molecule has 52 valence electrons. The third-order valence-electron chi connectivity index (χ3n) is 1.62. The molecule has 9 heavy (non-hydrogen) atoms. The van der Waals surface area contributed by atoms with Gasteiger partial charge in [0.2, 0.25) is 0 Å². The molecule has 1 rings (SSSR count). The van der Waals surface area contributed by atoms with Gasteiger partial charge >= 0.3 is 0 Å². The van der Waals surface area contributed by atoms with Gasteiger partial charge in [0.15, 0.2) is 5.78 Å². The third-order valence-corrected chi connectivity index (χ3v) is 1.62. The maximum absolute atomic E-state index is 10.6. The fraction of sp³-hybridized carbons (Fsp3) is 0.833. The SMILES string of the molecule is O=C1CCC[C@@H](O)[C@@H]1O. The molecule has 1 aliphatic rings. The topological polar surface area (TPSA) is 57.5 Å². The van der Waals surface area contributed by atoms with E-state index >= 15 is 0 Å². The van der Waals surface area contributed by atoms with Crippen molar-refractivity contribution in [2.75, 3.05) is 0 Å². The van der Waals surface area contributed by atoms with Crippen LogP contribution in [-0.2, 0) is 4.79 Å². The summed E-state index contributed by atoms with van der Waals surface area (Å²) < 4.78 is 0. The molecule has 2 N–H and O–H groups in total. The molecule has 0 bridgehead atoms. The molecule has 0 radical (unpaired) electrons. The number of carbonyl (C=O) groups is 1. The van der Waals surface area contributed by atoms with Gasteiger partial charge in [-0.1, -0.05) is 0 Å². The lowest BCUT2D eigenvalue weighted by atomic mass is 9.94. The van der Waals surface area contributed by atoms with E-state index < -0.39 is 12.2 Å². The van der Waals surface area contributed by atoms with E-state index in [2.05, 4.69) is 0 Å². The highest BCUT2D eigenvalue weighted by molar-refractivity contribution is 5.84. The van der Waals surface area contributed by atoms with E-state index in [1.807, 2.05) is 0 Å². The number of ketones is 1. The molecule has 0 amide bonds. The molecule has 3 heteroatoms. The van der Waals surface area contributed by atoms with Crippen LogP contribution in [0, 0.1) is 0 Å². The van der Waals surface area contributed by atoms with Crippen molar-refractivity contribution in [3.63, 3.8) is 0 Å². The standard InChI is InChI=1S/C6H10O3/c7-4-2-1-3-5(8)6(4)9/h4,6-7,9H,1-3H2/t4-,6+/m1/s1. The van der Waals surface area contributed by atoms with Gasteiger partial charge in [0.05, 0.1) is 6.10 Å². The van der Waals surface area contributed by atoms with Crippen LogP contribution in [0.3, 0.4) is 0 Å². The van der Waals surface area contributed by atoms with Crippen LogP contribution in [0.15, 0.2) is 0 Å². The molecule has 0 unspecified atom stereocenters. The van der Waals surface area contributed by atoms with Crippen LogP contribution >= 0.6 is 0 Å². The Hall–Kier alpha value is -0.410. The molecular weight excluding hydrogens is 120 g/mol. The van der Waals surface area contributed by atoms with Gasteiger partial charge in [0.1, 0.15) is 6.10 Å². The van der Waals surface area contributed by atoms with E-state index in [1.54, 1.807) is 0 Å². The molecule has 0 spiro atoms. The van der Waals surface area contributed by atoms with Gasteiger partial charge in [-0.05, 0) is 12.8 Å². The average Bonchev–Trinajstić information content (AvgIpc) is 1.83. The van der Waals surface area contributed by atoms with Gasteiger partial charge in [0.25, 0.3) is 0 Å². The Kier molecular flexibility index (Phi) is 1.83. The molecule has 0 aromatic rings. The second-order valence-electron chi connectivity index (χ2n) is 2.37. The van der Waals surface area contributed by atoms with Crippen LogP contribution in [0.2, 0.25) is 0 Å². The van der Waals surface area contributed by atoms with E-state index in [1.165, 1.54) is 0 Å². The van der Waals surface area contributed by atoms with Gasteiger partial charge in [-0.15, -0.1) is 0 Å². The lowest BCUT2D eigenvalue weighted by Crippen LogP contribution is -2.37. The highest BCUT2D eigenvalue weighted by atomic mass is 16.3. The number of hydrogen-bond donors (Lipinski definition) is 2. The molecule has 1 saturated carbocycles. The molecule has 0 saturated heterocycles. The average molecular weight is 130 g/mol. The fourth-order valence-electron chi connectivity index (χ4n) is 1.01. The largest absolute Gasteiger partial charge is 0.390 e. The van der Waals surface area contributed by atoms with Gasteiger partial charge in [-0.3, -0.25) is 4.79 Å². The van der Waals surface area contributed by atoms with E-state index in [9.17, 15) is 4.79 Å². The summed E-state index contributed by atoms with van der Waals surface area (Å²) in [5.41, 5.74) is 0. The summed E-state index contributed by atoms with van der Waals surface area (Å²) in [5.74, 6) is -0.228. The minimum Gasteiger partial charge on any atom is -0.390 e. The van der Waals surface area contributed by atoms with Gasteiger partial charge in [-0.25, -0.2) is 0 Å². The summed E-state index contributed by atoms with van der Waals surface area (Å²) in [6.07, 6.45) is -0.257.